The van der Waals surface area contributed by atoms with Crippen molar-refractivity contribution in [3.63, 3.8) is 0 Å². The lowest BCUT2D eigenvalue weighted by Crippen LogP contribution is -2.39. The molecule has 0 bridgehead atoms. The van der Waals surface area contributed by atoms with Crippen LogP contribution in [0.15, 0.2) is 66.7 Å². The third-order valence-corrected chi connectivity index (χ3v) is 5.37. The van der Waals surface area contributed by atoms with Crippen molar-refractivity contribution in [2.24, 2.45) is 0 Å². The highest BCUT2D eigenvalue weighted by Gasteiger charge is 2.34. The first kappa shape index (κ1) is 19.8. The van der Waals surface area contributed by atoms with E-state index in [2.05, 4.69) is 5.32 Å². The summed E-state index contributed by atoms with van der Waals surface area (Å²) in [4.78, 5) is 27.6. The summed E-state index contributed by atoms with van der Waals surface area (Å²) in [6, 6.07) is 18.8. The summed E-state index contributed by atoms with van der Waals surface area (Å²) in [5.74, 6) is -0.653. The zero-order chi connectivity index (χ0) is 20.5. The van der Waals surface area contributed by atoms with Crippen LogP contribution in [0.1, 0.15) is 27.5 Å². The second-order valence-corrected chi connectivity index (χ2v) is 7.99. The van der Waals surface area contributed by atoms with Crippen LogP contribution >= 0.6 is 34.8 Å². The summed E-state index contributed by atoms with van der Waals surface area (Å²) in [6.45, 7) is -0.130. The summed E-state index contributed by atoms with van der Waals surface area (Å²) in [7, 11) is 0. The second kappa shape index (κ2) is 8.07. The van der Waals surface area contributed by atoms with Crippen LogP contribution in [0, 0.1) is 0 Å². The number of benzene rings is 3. The van der Waals surface area contributed by atoms with Gasteiger partial charge in [0.15, 0.2) is 0 Å². The number of rotatable bonds is 2. The lowest BCUT2D eigenvalue weighted by molar-refractivity contribution is -0.117. The Morgan fingerprint density at radius 2 is 1.59 bits per heavy atom. The molecular weight excluding hydrogens is 431 g/mol. The molecule has 3 aromatic carbocycles. The molecule has 0 fully saturated rings. The van der Waals surface area contributed by atoms with Crippen molar-refractivity contribution in [2.75, 3.05) is 11.9 Å². The van der Waals surface area contributed by atoms with E-state index in [-0.39, 0.29) is 18.4 Å². The molecule has 0 spiro atoms. The molecule has 1 aliphatic rings. The summed E-state index contributed by atoms with van der Waals surface area (Å²) in [6.07, 6.45) is 0. The highest BCUT2D eigenvalue weighted by molar-refractivity contribution is 6.35. The summed E-state index contributed by atoms with van der Waals surface area (Å²) >= 11 is 18.4. The molecule has 0 radical (unpaired) electrons. The molecule has 29 heavy (non-hydrogen) atoms. The van der Waals surface area contributed by atoms with Crippen molar-refractivity contribution in [1.82, 2.24) is 4.90 Å². The fraction of sp³-hybridized carbons (Fsp3) is 0.0909. The fourth-order valence-electron chi connectivity index (χ4n) is 3.50. The minimum atomic E-state index is -0.519. The van der Waals surface area contributed by atoms with E-state index in [1.54, 1.807) is 36.4 Å². The van der Waals surface area contributed by atoms with Gasteiger partial charge in [0.2, 0.25) is 5.91 Å². The van der Waals surface area contributed by atoms with E-state index < -0.39 is 6.04 Å². The van der Waals surface area contributed by atoms with Crippen molar-refractivity contribution >= 4 is 52.3 Å². The number of hydrogen-bond acceptors (Lipinski definition) is 2. The van der Waals surface area contributed by atoms with Crippen LogP contribution in [0.2, 0.25) is 15.1 Å². The maximum absolute atomic E-state index is 13.5. The molecule has 4 nitrogen and oxygen atoms in total. The molecule has 1 unspecified atom stereocenters. The van der Waals surface area contributed by atoms with Gasteiger partial charge in [0, 0.05) is 31.9 Å². The number of amides is 2. The van der Waals surface area contributed by atoms with E-state index in [9.17, 15) is 9.59 Å². The Morgan fingerprint density at radius 3 is 2.28 bits per heavy atom. The molecule has 0 aliphatic carbocycles. The highest BCUT2D eigenvalue weighted by Crippen LogP contribution is 2.38. The SMILES string of the molecule is O=C1CN(C(=O)c2cc(Cl)cc(Cl)c2)C(c2ccccc2)c2cc(Cl)ccc2N1. The van der Waals surface area contributed by atoms with Crippen LogP contribution in [0.25, 0.3) is 0 Å². The average Bonchev–Trinajstić information content (AvgIpc) is 2.83. The number of anilines is 1. The normalized spacial score (nSPS) is 16.0. The smallest absolute Gasteiger partial charge is 0.255 e. The van der Waals surface area contributed by atoms with Crippen LogP contribution in [0.5, 0.6) is 0 Å². The molecule has 146 valence electrons. The Hall–Kier alpha value is -2.53. The summed E-state index contributed by atoms with van der Waals surface area (Å²) in [5, 5.41) is 4.07. The molecule has 7 heteroatoms. The van der Waals surface area contributed by atoms with Gasteiger partial charge in [0.1, 0.15) is 6.54 Å². The van der Waals surface area contributed by atoms with Crippen molar-refractivity contribution in [1.29, 1.82) is 0 Å². The summed E-state index contributed by atoms with van der Waals surface area (Å²) in [5.41, 5.74) is 2.51. The maximum Gasteiger partial charge on any atom is 0.255 e. The fourth-order valence-corrected chi connectivity index (χ4v) is 4.21. The zero-order valence-corrected chi connectivity index (χ0v) is 17.3. The molecule has 2 amide bonds. The number of hydrogen-bond donors (Lipinski definition) is 1. The number of carbonyl (C=O) groups excluding carboxylic acids is 2. The first-order chi connectivity index (χ1) is 13.9. The number of nitrogens with one attached hydrogen (secondary N) is 1. The van der Waals surface area contributed by atoms with E-state index in [4.69, 9.17) is 34.8 Å². The van der Waals surface area contributed by atoms with E-state index in [0.717, 1.165) is 11.1 Å². The molecular formula is C22H15Cl3N2O2. The van der Waals surface area contributed by atoms with Gasteiger partial charge in [-0.3, -0.25) is 9.59 Å². The van der Waals surface area contributed by atoms with Gasteiger partial charge in [0.25, 0.3) is 5.91 Å². The molecule has 0 aromatic heterocycles. The quantitative estimate of drug-likeness (QED) is 0.539. The Bertz CT molecular complexity index is 1080. The molecule has 1 aliphatic heterocycles. The molecule has 1 N–H and O–H groups in total. The van der Waals surface area contributed by atoms with Crippen LogP contribution in [0.3, 0.4) is 0 Å². The zero-order valence-electron chi connectivity index (χ0n) is 15.0. The highest BCUT2D eigenvalue weighted by atomic mass is 35.5. The Morgan fingerprint density at radius 1 is 0.897 bits per heavy atom. The minimum absolute atomic E-state index is 0.130. The molecule has 4 rings (SSSR count). The Kier molecular flexibility index (Phi) is 5.50. The van der Waals surface area contributed by atoms with Gasteiger partial charge in [-0.05, 0) is 42.0 Å². The predicted octanol–water partition coefficient (Wildman–Crippen LogP) is 5.83. The van der Waals surface area contributed by atoms with E-state index in [1.807, 2.05) is 30.3 Å². The van der Waals surface area contributed by atoms with Gasteiger partial charge < -0.3 is 10.2 Å². The van der Waals surface area contributed by atoms with Crippen LogP contribution < -0.4 is 5.32 Å². The predicted molar refractivity (Wildman–Crippen MR) is 116 cm³/mol. The topological polar surface area (TPSA) is 49.4 Å². The van der Waals surface area contributed by atoms with Crippen molar-refractivity contribution in [3.05, 3.63) is 98.5 Å². The second-order valence-electron chi connectivity index (χ2n) is 6.68. The molecule has 0 saturated carbocycles. The van der Waals surface area contributed by atoms with E-state index in [0.29, 0.717) is 26.3 Å². The third kappa shape index (κ3) is 4.10. The van der Waals surface area contributed by atoms with Gasteiger partial charge >= 0.3 is 0 Å². The van der Waals surface area contributed by atoms with Gasteiger partial charge in [-0.2, -0.15) is 0 Å². The monoisotopic (exact) mass is 444 g/mol. The number of nitrogens with zero attached hydrogens (tertiary/aromatic N) is 1. The first-order valence-electron chi connectivity index (χ1n) is 8.83. The lowest BCUT2D eigenvalue weighted by Gasteiger charge is -2.31. The first-order valence-corrected chi connectivity index (χ1v) is 9.97. The maximum atomic E-state index is 13.5. The van der Waals surface area contributed by atoms with Gasteiger partial charge in [-0.15, -0.1) is 0 Å². The molecule has 1 heterocycles. The molecule has 0 saturated heterocycles. The van der Waals surface area contributed by atoms with Crippen LogP contribution in [-0.4, -0.2) is 23.3 Å². The number of fused-ring (bicyclic) bond motifs is 1. The lowest BCUT2D eigenvalue weighted by atomic mass is 9.95. The van der Waals surface area contributed by atoms with Crippen LogP contribution in [0.4, 0.5) is 5.69 Å². The molecule has 3 aromatic rings. The van der Waals surface area contributed by atoms with Gasteiger partial charge in [0.05, 0.1) is 6.04 Å². The largest absolute Gasteiger partial charge is 0.324 e. The van der Waals surface area contributed by atoms with Crippen LogP contribution in [-0.2, 0) is 4.79 Å². The number of halogens is 3. The Labute approximate surface area is 183 Å². The van der Waals surface area contributed by atoms with Gasteiger partial charge in [-0.25, -0.2) is 0 Å². The molecule has 1 atom stereocenters. The number of carbonyl (C=O) groups is 2. The standard InChI is InChI=1S/C22H15Cl3N2O2/c23-15-6-7-19-18(11-15)21(13-4-2-1-3-5-13)27(12-20(28)26-19)22(29)14-8-16(24)10-17(25)9-14/h1-11,21H,12H2,(H,26,28). The van der Waals surface area contributed by atoms with Crippen molar-refractivity contribution in [2.45, 2.75) is 6.04 Å². The van der Waals surface area contributed by atoms with E-state index >= 15 is 0 Å². The van der Waals surface area contributed by atoms with Crippen molar-refractivity contribution < 1.29 is 9.59 Å². The minimum Gasteiger partial charge on any atom is -0.324 e. The third-order valence-electron chi connectivity index (χ3n) is 4.69. The Balaban J connectivity index is 1.90. The average molecular weight is 446 g/mol. The van der Waals surface area contributed by atoms with E-state index in [1.165, 1.54) is 4.90 Å². The van der Waals surface area contributed by atoms with Crippen molar-refractivity contribution in [3.8, 4) is 0 Å². The summed E-state index contributed by atoms with van der Waals surface area (Å²) < 4.78 is 0. The van der Waals surface area contributed by atoms with Gasteiger partial charge in [-0.1, -0.05) is 65.1 Å².